The Morgan fingerprint density at radius 2 is 1.95 bits per heavy atom. The average molecular weight is 345 g/mol. The van der Waals surface area contributed by atoms with Crippen LogP contribution in [0.1, 0.15) is 27.2 Å². The van der Waals surface area contributed by atoms with Crippen LogP contribution in [0.25, 0.3) is 0 Å². The summed E-state index contributed by atoms with van der Waals surface area (Å²) in [6.45, 7) is 7.53. The molecule has 0 unspecified atom stereocenters. The molecule has 0 aliphatic carbocycles. The zero-order valence-corrected chi connectivity index (χ0v) is 14.8. The minimum absolute atomic E-state index is 0.136. The number of rotatable bonds is 2. The molecule has 124 valence electrons. The molecule has 1 aromatic heterocycles. The van der Waals surface area contributed by atoms with Gasteiger partial charge in [0, 0.05) is 31.7 Å². The number of nitrogens with zero attached hydrogens (tertiary/aromatic N) is 2. The summed E-state index contributed by atoms with van der Waals surface area (Å²) < 4.78 is 26.9. The van der Waals surface area contributed by atoms with Crippen LogP contribution in [-0.2, 0) is 10.0 Å². The average Bonchev–Trinajstić information content (AvgIpc) is 2.81. The normalized spacial score (nSPS) is 18.0. The van der Waals surface area contributed by atoms with Crippen LogP contribution in [0.15, 0.2) is 21.7 Å². The second-order valence-corrected chi connectivity index (χ2v) is 9.47. The predicted octanol–water partition coefficient (Wildman–Crippen LogP) is 1.95. The molecule has 1 fully saturated rings. The van der Waals surface area contributed by atoms with Crippen LogP contribution < -0.4 is 5.32 Å². The van der Waals surface area contributed by atoms with E-state index in [0.717, 1.165) is 0 Å². The van der Waals surface area contributed by atoms with Gasteiger partial charge in [0.25, 0.3) is 10.0 Å². The number of hydrogen-bond donors (Lipinski definition) is 1. The van der Waals surface area contributed by atoms with Crippen LogP contribution in [0.5, 0.6) is 0 Å². The Bertz CT molecular complexity index is 606. The van der Waals surface area contributed by atoms with E-state index in [0.29, 0.717) is 36.8 Å². The highest BCUT2D eigenvalue weighted by atomic mass is 32.2. The van der Waals surface area contributed by atoms with Crippen molar-refractivity contribution >= 4 is 27.4 Å². The van der Waals surface area contributed by atoms with E-state index in [1.807, 2.05) is 20.8 Å². The van der Waals surface area contributed by atoms with Crippen molar-refractivity contribution in [3.8, 4) is 0 Å². The van der Waals surface area contributed by atoms with Gasteiger partial charge >= 0.3 is 6.03 Å². The third-order valence-electron chi connectivity index (χ3n) is 3.31. The lowest BCUT2D eigenvalue weighted by Crippen LogP contribution is -2.49. The Morgan fingerprint density at radius 3 is 2.55 bits per heavy atom. The van der Waals surface area contributed by atoms with Crippen LogP contribution in [0, 0.1) is 0 Å². The van der Waals surface area contributed by atoms with Gasteiger partial charge in [-0.2, -0.15) is 4.31 Å². The van der Waals surface area contributed by atoms with Gasteiger partial charge in [-0.3, -0.25) is 0 Å². The van der Waals surface area contributed by atoms with E-state index in [9.17, 15) is 13.2 Å². The SMILES string of the molecule is CC(C)(C)NC(=O)N1CCCN(S(=O)(=O)c2cccs2)CC1. The molecule has 8 heteroatoms. The summed E-state index contributed by atoms with van der Waals surface area (Å²) in [5.41, 5.74) is -0.299. The van der Waals surface area contributed by atoms with Crippen molar-refractivity contribution < 1.29 is 13.2 Å². The van der Waals surface area contributed by atoms with Crippen LogP contribution >= 0.6 is 11.3 Å². The highest BCUT2D eigenvalue weighted by Gasteiger charge is 2.29. The molecule has 2 amide bonds. The van der Waals surface area contributed by atoms with Crippen LogP contribution in [0.4, 0.5) is 4.79 Å². The standard InChI is InChI=1S/C14H23N3O3S2/c1-14(2,3)15-13(18)16-7-5-8-17(10-9-16)22(19,20)12-6-4-11-21-12/h4,6,11H,5,7-10H2,1-3H3,(H,15,18). The number of amides is 2. The van der Waals surface area contributed by atoms with Gasteiger partial charge in [0.05, 0.1) is 0 Å². The van der Waals surface area contributed by atoms with Crippen LogP contribution in [-0.4, -0.2) is 55.4 Å². The lowest BCUT2D eigenvalue weighted by molar-refractivity contribution is 0.191. The predicted molar refractivity (Wildman–Crippen MR) is 87.6 cm³/mol. The van der Waals surface area contributed by atoms with E-state index in [2.05, 4.69) is 5.32 Å². The number of sulfonamides is 1. The van der Waals surface area contributed by atoms with Gasteiger partial charge in [0.2, 0.25) is 0 Å². The van der Waals surface area contributed by atoms with Crippen LogP contribution in [0.3, 0.4) is 0 Å². The first-order valence-corrected chi connectivity index (χ1v) is 9.63. The summed E-state index contributed by atoms with van der Waals surface area (Å²) in [6.07, 6.45) is 0.641. The minimum atomic E-state index is -3.43. The Balaban J connectivity index is 2.03. The highest BCUT2D eigenvalue weighted by molar-refractivity contribution is 7.91. The Hall–Kier alpha value is -1.12. The third kappa shape index (κ3) is 4.21. The molecule has 0 radical (unpaired) electrons. The molecule has 0 saturated carbocycles. The molecule has 0 spiro atoms. The first-order valence-electron chi connectivity index (χ1n) is 7.31. The van der Waals surface area contributed by atoms with Crippen molar-refractivity contribution in [1.82, 2.24) is 14.5 Å². The van der Waals surface area contributed by atoms with Gasteiger partial charge in [-0.15, -0.1) is 11.3 Å². The monoisotopic (exact) mass is 345 g/mol. The summed E-state index contributed by atoms with van der Waals surface area (Å²) in [6, 6.07) is 3.22. The van der Waals surface area contributed by atoms with Gasteiger partial charge in [-0.05, 0) is 38.6 Å². The second-order valence-electron chi connectivity index (χ2n) is 6.36. The molecule has 0 aromatic carbocycles. The molecule has 0 atom stereocenters. The quantitative estimate of drug-likeness (QED) is 0.891. The third-order valence-corrected chi connectivity index (χ3v) is 6.58. The molecule has 1 saturated heterocycles. The maximum Gasteiger partial charge on any atom is 0.317 e. The molecule has 22 heavy (non-hydrogen) atoms. The Morgan fingerprint density at radius 1 is 1.23 bits per heavy atom. The summed E-state index contributed by atoms with van der Waals surface area (Å²) in [5, 5.41) is 4.68. The number of carbonyl (C=O) groups excluding carboxylic acids is 1. The number of carbonyl (C=O) groups is 1. The van der Waals surface area contributed by atoms with E-state index < -0.39 is 10.0 Å². The molecule has 1 aromatic rings. The zero-order chi connectivity index (χ0) is 16.4. The molecular weight excluding hydrogens is 322 g/mol. The molecule has 0 bridgehead atoms. The molecule has 1 aliphatic rings. The Labute approximate surface area is 136 Å². The summed E-state index contributed by atoms with van der Waals surface area (Å²) in [5.74, 6) is 0. The van der Waals surface area contributed by atoms with Crippen molar-refractivity contribution in [3.63, 3.8) is 0 Å². The van der Waals surface area contributed by atoms with E-state index in [-0.39, 0.29) is 11.6 Å². The fourth-order valence-corrected chi connectivity index (χ4v) is 4.89. The van der Waals surface area contributed by atoms with Gasteiger partial charge in [-0.1, -0.05) is 6.07 Å². The number of nitrogens with one attached hydrogen (secondary N) is 1. The largest absolute Gasteiger partial charge is 0.333 e. The minimum Gasteiger partial charge on any atom is -0.333 e. The first-order chi connectivity index (χ1) is 10.2. The van der Waals surface area contributed by atoms with Crippen molar-refractivity contribution in [2.45, 2.75) is 36.9 Å². The Kier molecular flexibility index (Phi) is 5.14. The van der Waals surface area contributed by atoms with Crippen molar-refractivity contribution in [3.05, 3.63) is 17.5 Å². The number of thiophene rings is 1. The molecule has 2 rings (SSSR count). The fourth-order valence-electron chi connectivity index (χ4n) is 2.27. The first kappa shape index (κ1) is 17.2. The maximum atomic E-state index is 12.5. The second kappa shape index (κ2) is 6.55. The van der Waals surface area contributed by atoms with Gasteiger partial charge in [0.15, 0.2) is 0 Å². The molecule has 6 nitrogen and oxygen atoms in total. The fraction of sp³-hybridized carbons (Fsp3) is 0.643. The topological polar surface area (TPSA) is 69.7 Å². The lowest BCUT2D eigenvalue weighted by Gasteiger charge is -2.27. The number of urea groups is 1. The zero-order valence-electron chi connectivity index (χ0n) is 13.2. The lowest BCUT2D eigenvalue weighted by atomic mass is 10.1. The number of hydrogen-bond acceptors (Lipinski definition) is 4. The van der Waals surface area contributed by atoms with Gasteiger partial charge in [0.1, 0.15) is 4.21 Å². The highest BCUT2D eigenvalue weighted by Crippen LogP contribution is 2.22. The molecule has 2 heterocycles. The van der Waals surface area contributed by atoms with Crippen molar-refractivity contribution in [1.29, 1.82) is 0 Å². The summed E-state index contributed by atoms with van der Waals surface area (Å²) in [7, 11) is -3.43. The van der Waals surface area contributed by atoms with Gasteiger partial charge in [-0.25, -0.2) is 13.2 Å². The summed E-state index contributed by atoms with van der Waals surface area (Å²) >= 11 is 1.22. The van der Waals surface area contributed by atoms with E-state index >= 15 is 0 Å². The van der Waals surface area contributed by atoms with Crippen molar-refractivity contribution in [2.75, 3.05) is 26.2 Å². The molecule has 1 N–H and O–H groups in total. The van der Waals surface area contributed by atoms with Gasteiger partial charge < -0.3 is 10.2 Å². The maximum absolute atomic E-state index is 12.5. The van der Waals surface area contributed by atoms with Crippen molar-refractivity contribution in [2.24, 2.45) is 0 Å². The van der Waals surface area contributed by atoms with E-state index in [1.165, 1.54) is 15.6 Å². The smallest absolute Gasteiger partial charge is 0.317 e. The van der Waals surface area contributed by atoms with E-state index in [1.54, 1.807) is 22.4 Å². The summed E-state index contributed by atoms with van der Waals surface area (Å²) in [4.78, 5) is 13.9. The molecule has 1 aliphatic heterocycles. The van der Waals surface area contributed by atoms with Crippen LogP contribution in [0.2, 0.25) is 0 Å². The van der Waals surface area contributed by atoms with E-state index in [4.69, 9.17) is 0 Å². The molecular formula is C14H23N3O3S2.